The molecule has 1 amide bonds. The third-order valence-corrected chi connectivity index (χ3v) is 4.95. The van der Waals surface area contributed by atoms with Gasteiger partial charge < -0.3 is 9.47 Å². The fourth-order valence-corrected chi connectivity index (χ4v) is 3.46. The molecule has 0 aliphatic carbocycles. The van der Waals surface area contributed by atoms with Crippen LogP contribution in [0.3, 0.4) is 0 Å². The molecule has 0 saturated carbocycles. The van der Waals surface area contributed by atoms with Crippen molar-refractivity contribution < 1.29 is 4.79 Å². The molecule has 0 atom stereocenters. The molecule has 4 rings (SSSR count). The van der Waals surface area contributed by atoms with E-state index in [9.17, 15) is 9.59 Å². The van der Waals surface area contributed by atoms with E-state index in [2.05, 4.69) is 10.1 Å². The molecule has 7 nitrogen and oxygen atoms in total. The zero-order chi connectivity index (χ0) is 20.2. The molecule has 0 aliphatic heterocycles. The van der Waals surface area contributed by atoms with Crippen molar-refractivity contribution in [2.45, 2.75) is 6.92 Å². The maximum Gasteiger partial charge on any atom is 0.297 e. The summed E-state index contributed by atoms with van der Waals surface area (Å²) in [6.07, 6.45) is 1.66. The third-order valence-electron chi connectivity index (χ3n) is 4.72. The number of aromatic nitrogens is 4. The van der Waals surface area contributed by atoms with Crippen LogP contribution < -0.4 is 5.56 Å². The first-order chi connectivity index (χ1) is 13.3. The normalized spacial score (nSPS) is 11.3. The number of rotatable bonds is 2. The predicted molar refractivity (Wildman–Crippen MR) is 109 cm³/mol. The molecule has 0 spiro atoms. The first-order valence-corrected chi connectivity index (χ1v) is 9.03. The van der Waals surface area contributed by atoms with Crippen LogP contribution >= 0.6 is 11.6 Å². The Morgan fingerprint density at radius 2 is 1.93 bits per heavy atom. The van der Waals surface area contributed by atoms with E-state index in [1.165, 1.54) is 9.58 Å². The van der Waals surface area contributed by atoms with Gasteiger partial charge in [0.05, 0.1) is 5.52 Å². The molecule has 28 heavy (non-hydrogen) atoms. The molecule has 0 unspecified atom stereocenters. The Morgan fingerprint density at radius 3 is 2.57 bits per heavy atom. The number of benzene rings is 1. The van der Waals surface area contributed by atoms with Crippen molar-refractivity contribution in [3.05, 3.63) is 63.2 Å². The molecule has 0 fully saturated rings. The van der Waals surface area contributed by atoms with Gasteiger partial charge in [-0.3, -0.25) is 9.59 Å². The van der Waals surface area contributed by atoms with Crippen LogP contribution in [0.1, 0.15) is 16.1 Å². The largest absolute Gasteiger partial charge is 0.343 e. The van der Waals surface area contributed by atoms with Crippen molar-refractivity contribution in [3.63, 3.8) is 0 Å². The van der Waals surface area contributed by atoms with Gasteiger partial charge >= 0.3 is 0 Å². The lowest BCUT2D eigenvalue weighted by Crippen LogP contribution is -2.30. The van der Waals surface area contributed by atoms with E-state index >= 15 is 0 Å². The Morgan fingerprint density at radius 1 is 1.18 bits per heavy atom. The topological polar surface area (TPSA) is 73.0 Å². The molecule has 142 valence electrons. The van der Waals surface area contributed by atoms with Crippen LogP contribution in [-0.2, 0) is 7.05 Å². The molecule has 0 aliphatic rings. The minimum atomic E-state index is -0.350. The van der Waals surface area contributed by atoms with Gasteiger partial charge in [-0.2, -0.15) is 9.78 Å². The lowest BCUT2D eigenvalue weighted by molar-refractivity contribution is 0.0822. The van der Waals surface area contributed by atoms with Gasteiger partial charge in [-0.1, -0.05) is 23.7 Å². The van der Waals surface area contributed by atoms with Crippen LogP contribution in [0.15, 0.2) is 41.3 Å². The molecular formula is C20H18ClN5O2. The zero-order valence-corrected chi connectivity index (χ0v) is 16.7. The second-order valence-electron chi connectivity index (χ2n) is 6.90. The van der Waals surface area contributed by atoms with E-state index in [4.69, 9.17) is 11.6 Å². The van der Waals surface area contributed by atoms with E-state index in [1.54, 1.807) is 50.1 Å². The zero-order valence-electron chi connectivity index (χ0n) is 15.9. The predicted octanol–water partition coefficient (Wildman–Crippen LogP) is 2.94. The highest BCUT2D eigenvalue weighted by atomic mass is 35.5. The van der Waals surface area contributed by atoms with E-state index in [1.807, 2.05) is 19.1 Å². The van der Waals surface area contributed by atoms with Gasteiger partial charge in [0.1, 0.15) is 5.52 Å². The van der Waals surface area contributed by atoms with Crippen LogP contribution in [0.2, 0.25) is 5.02 Å². The Labute approximate surface area is 165 Å². The first-order valence-electron chi connectivity index (χ1n) is 8.65. The average molecular weight is 396 g/mol. The smallest absolute Gasteiger partial charge is 0.297 e. The van der Waals surface area contributed by atoms with Crippen molar-refractivity contribution >= 4 is 39.3 Å². The second kappa shape index (κ2) is 6.45. The van der Waals surface area contributed by atoms with Crippen LogP contribution in [0.5, 0.6) is 0 Å². The molecule has 0 N–H and O–H groups in total. The minimum absolute atomic E-state index is 0.190. The summed E-state index contributed by atoms with van der Waals surface area (Å²) in [5.74, 6) is 0.0573. The summed E-state index contributed by atoms with van der Waals surface area (Å²) in [6.45, 7) is 1.91. The van der Waals surface area contributed by atoms with Crippen LogP contribution in [0.4, 0.5) is 0 Å². The van der Waals surface area contributed by atoms with Gasteiger partial charge in [0.15, 0.2) is 11.5 Å². The summed E-state index contributed by atoms with van der Waals surface area (Å²) < 4.78 is 2.93. The highest BCUT2D eigenvalue weighted by Gasteiger charge is 2.24. The molecule has 1 aromatic carbocycles. The fourth-order valence-electron chi connectivity index (χ4n) is 3.30. The Hall–Kier alpha value is -3.19. The molecule has 0 saturated heterocycles. The second-order valence-corrected chi connectivity index (χ2v) is 7.34. The highest BCUT2D eigenvalue weighted by Crippen LogP contribution is 2.30. The Kier molecular flexibility index (Phi) is 4.19. The SMILES string of the molecule is Cc1ccc(-n2nc(C(=O)N(C)C)c3c4ccc(Cl)cc4n(C)c3c2=O)nc1. The van der Waals surface area contributed by atoms with Gasteiger partial charge in [-0.25, -0.2) is 4.98 Å². The lowest BCUT2D eigenvalue weighted by atomic mass is 10.1. The van der Waals surface area contributed by atoms with Crippen LogP contribution in [0.25, 0.3) is 27.6 Å². The Balaban J connectivity index is 2.20. The first kappa shape index (κ1) is 18.2. The van der Waals surface area contributed by atoms with Crippen molar-refractivity contribution in [2.24, 2.45) is 7.05 Å². The number of nitrogens with zero attached hydrogens (tertiary/aromatic N) is 5. The standard InChI is InChI=1S/C20H18ClN5O2/c1-11-5-8-15(22-10-11)26-20(28)18-16(17(23-26)19(27)24(2)3)13-7-6-12(21)9-14(13)25(18)4/h5-10H,1-4H3. The fraction of sp³-hybridized carbons (Fsp3) is 0.200. The van der Waals surface area contributed by atoms with Crippen molar-refractivity contribution in [3.8, 4) is 5.82 Å². The number of amides is 1. The molecule has 4 aromatic rings. The number of pyridine rings is 1. The van der Waals surface area contributed by atoms with Crippen LogP contribution in [0, 0.1) is 6.92 Å². The number of carbonyl (C=O) groups is 1. The monoisotopic (exact) mass is 395 g/mol. The van der Waals surface area contributed by atoms with Gasteiger partial charge in [-0.05, 0) is 30.7 Å². The molecule has 3 aromatic heterocycles. The van der Waals surface area contributed by atoms with Gasteiger partial charge in [0.25, 0.3) is 11.5 Å². The number of fused-ring (bicyclic) bond motifs is 3. The number of carbonyl (C=O) groups excluding carboxylic acids is 1. The summed E-state index contributed by atoms with van der Waals surface area (Å²) in [7, 11) is 5.08. The molecular weight excluding hydrogens is 378 g/mol. The highest BCUT2D eigenvalue weighted by molar-refractivity contribution is 6.31. The molecule has 0 bridgehead atoms. The summed E-state index contributed by atoms with van der Waals surface area (Å²) in [6, 6.07) is 8.87. The summed E-state index contributed by atoms with van der Waals surface area (Å²) in [4.78, 5) is 32.0. The number of hydrogen-bond acceptors (Lipinski definition) is 4. The van der Waals surface area contributed by atoms with E-state index in [0.29, 0.717) is 21.7 Å². The molecule has 8 heteroatoms. The third kappa shape index (κ3) is 2.66. The van der Waals surface area contributed by atoms with Crippen molar-refractivity contribution in [1.29, 1.82) is 0 Å². The van der Waals surface area contributed by atoms with E-state index in [0.717, 1.165) is 16.5 Å². The number of halogens is 1. The van der Waals surface area contributed by atoms with E-state index in [-0.39, 0.29) is 17.2 Å². The van der Waals surface area contributed by atoms with Crippen molar-refractivity contribution in [1.82, 2.24) is 24.2 Å². The molecule has 0 radical (unpaired) electrons. The Bertz CT molecular complexity index is 1300. The van der Waals surface area contributed by atoms with Gasteiger partial charge in [0, 0.05) is 43.1 Å². The summed E-state index contributed by atoms with van der Waals surface area (Å²) >= 11 is 6.16. The quantitative estimate of drug-likeness (QED) is 0.523. The van der Waals surface area contributed by atoms with Gasteiger partial charge in [0.2, 0.25) is 0 Å². The number of aryl methyl sites for hydroxylation is 2. The minimum Gasteiger partial charge on any atom is -0.343 e. The van der Waals surface area contributed by atoms with Gasteiger partial charge in [-0.15, -0.1) is 0 Å². The molecule has 3 heterocycles. The van der Waals surface area contributed by atoms with Crippen LogP contribution in [-0.4, -0.2) is 44.2 Å². The summed E-state index contributed by atoms with van der Waals surface area (Å²) in [5, 5.41) is 6.23. The van der Waals surface area contributed by atoms with Crippen molar-refractivity contribution in [2.75, 3.05) is 14.1 Å². The maximum absolute atomic E-state index is 13.3. The van der Waals surface area contributed by atoms with E-state index < -0.39 is 0 Å². The number of hydrogen-bond donors (Lipinski definition) is 0. The lowest BCUT2D eigenvalue weighted by Gasteiger charge is -2.13. The maximum atomic E-state index is 13.3. The summed E-state index contributed by atoms with van der Waals surface area (Å²) in [5.41, 5.74) is 1.93. The average Bonchev–Trinajstić information content (AvgIpc) is 2.95.